The molecule has 0 spiro atoms. The SMILES string of the molecule is CCCC(CCC)C(=O)c1c[nH]c2cccc(C#N)c12. The highest BCUT2D eigenvalue weighted by molar-refractivity contribution is 6.10. The Morgan fingerprint density at radius 1 is 1.30 bits per heavy atom. The number of hydrogen-bond acceptors (Lipinski definition) is 2. The Balaban J connectivity index is 2.46. The van der Waals surface area contributed by atoms with Crippen molar-refractivity contribution in [2.75, 3.05) is 0 Å². The molecule has 0 fully saturated rings. The summed E-state index contributed by atoms with van der Waals surface area (Å²) in [4.78, 5) is 15.8. The number of carbonyl (C=O) groups is 1. The third-order valence-corrected chi connectivity index (χ3v) is 3.74. The van der Waals surface area contributed by atoms with E-state index in [0.717, 1.165) is 36.6 Å². The van der Waals surface area contributed by atoms with Gasteiger partial charge in [-0.3, -0.25) is 4.79 Å². The van der Waals surface area contributed by atoms with Gasteiger partial charge in [-0.25, -0.2) is 0 Å². The van der Waals surface area contributed by atoms with Gasteiger partial charge in [-0.05, 0) is 25.0 Å². The fourth-order valence-corrected chi connectivity index (χ4v) is 2.80. The second-order valence-corrected chi connectivity index (χ2v) is 5.18. The van der Waals surface area contributed by atoms with Crippen LogP contribution >= 0.6 is 0 Å². The molecule has 20 heavy (non-hydrogen) atoms. The van der Waals surface area contributed by atoms with Crippen molar-refractivity contribution in [3.63, 3.8) is 0 Å². The minimum atomic E-state index is 0.0655. The van der Waals surface area contributed by atoms with Crippen LogP contribution in [0, 0.1) is 17.2 Å². The lowest BCUT2D eigenvalue weighted by Crippen LogP contribution is -2.14. The third-order valence-electron chi connectivity index (χ3n) is 3.74. The standard InChI is InChI=1S/C17H20N2O/c1-3-6-12(7-4-2)17(20)14-11-19-15-9-5-8-13(10-18)16(14)15/h5,8-9,11-12,19H,3-4,6-7H2,1-2H3. The van der Waals surface area contributed by atoms with E-state index >= 15 is 0 Å². The lowest BCUT2D eigenvalue weighted by atomic mass is 9.89. The number of benzene rings is 1. The monoisotopic (exact) mass is 268 g/mol. The average molecular weight is 268 g/mol. The van der Waals surface area contributed by atoms with Crippen LogP contribution < -0.4 is 0 Å². The van der Waals surface area contributed by atoms with E-state index in [1.807, 2.05) is 12.1 Å². The Hall–Kier alpha value is -2.08. The molecule has 0 radical (unpaired) electrons. The lowest BCUT2D eigenvalue weighted by molar-refractivity contribution is 0.0906. The van der Waals surface area contributed by atoms with E-state index in [1.165, 1.54) is 0 Å². The first-order chi connectivity index (χ1) is 9.72. The molecular weight excluding hydrogens is 248 g/mol. The fourth-order valence-electron chi connectivity index (χ4n) is 2.80. The number of fused-ring (bicyclic) bond motifs is 1. The summed E-state index contributed by atoms with van der Waals surface area (Å²) >= 11 is 0. The molecule has 0 aliphatic rings. The molecule has 0 amide bonds. The zero-order valence-corrected chi connectivity index (χ0v) is 12.1. The molecule has 1 aromatic carbocycles. The number of nitrogens with one attached hydrogen (secondary N) is 1. The molecule has 2 rings (SSSR count). The van der Waals surface area contributed by atoms with Crippen LogP contribution in [0.15, 0.2) is 24.4 Å². The van der Waals surface area contributed by atoms with E-state index in [2.05, 4.69) is 24.9 Å². The Labute approximate surface area is 119 Å². The highest BCUT2D eigenvalue weighted by Crippen LogP contribution is 2.27. The van der Waals surface area contributed by atoms with Gasteiger partial charge in [0.2, 0.25) is 0 Å². The number of nitriles is 1. The topological polar surface area (TPSA) is 56.6 Å². The van der Waals surface area contributed by atoms with Gasteiger partial charge in [0.25, 0.3) is 0 Å². The van der Waals surface area contributed by atoms with Crippen LogP contribution in [0.5, 0.6) is 0 Å². The molecule has 0 aliphatic carbocycles. The van der Waals surface area contributed by atoms with Gasteiger partial charge in [0, 0.05) is 28.6 Å². The van der Waals surface area contributed by atoms with Crippen molar-refractivity contribution in [1.29, 1.82) is 5.26 Å². The number of carbonyl (C=O) groups excluding carboxylic acids is 1. The molecule has 0 saturated heterocycles. The molecular formula is C17H20N2O. The average Bonchev–Trinajstić information content (AvgIpc) is 2.90. The van der Waals surface area contributed by atoms with Crippen molar-refractivity contribution >= 4 is 16.7 Å². The first-order valence-electron chi connectivity index (χ1n) is 7.27. The van der Waals surface area contributed by atoms with Gasteiger partial charge >= 0.3 is 0 Å². The van der Waals surface area contributed by atoms with E-state index in [0.29, 0.717) is 11.1 Å². The highest BCUT2D eigenvalue weighted by atomic mass is 16.1. The summed E-state index contributed by atoms with van der Waals surface area (Å²) in [7, 11) is 0. The number of H-pyrrole nitrogens is 1. The van der Waals surface area contributed by atoms with E-state index in [9.17, 15) is 10.1 Å². The minimum Gasteiger partial charge on any atom is -0.360 e. The van der Waals surface area contributed by atoms with Crippen molar-refractivity contribution in [3.05, 3.63) is 35.5 Å². The van der Waals surface area contributed by atoms with Crippen LogP contribution in [-0.2, 0) is 0 Å². The quantitative estimate of drug-likeness (QED) is 0.787. The Morgan fingerprint density at radius 2 is 2.00 bits per heavy atom. The summed E-state index contributed by atoms with van der Waals surface area (Å²) in [6, 6.07) is 7.69. The second kappa shape index (κ2) is 6.38. The Kier molecular flexibility index (Phi) is 4.57. The van der Waals surface area contributed by atoms with Gasteiger partial charge in [-0.1, -0.05) is 32.8 Å². The van der Waals surface area contributed by atoms with Crippen molar-refractivity contribution in [2.24, 2.45) is 5.92 Å². The predicted octanol–water partition coefficient (Wildman–Crippen LogP) is 4.44. The van der Waals surface area contributed by atoms with Gasteiger partial charge in [-0.2, -0.15) is 5.26 Å². The first kappa shape index (κ1) is 14.3. The zero-order valence-electron chi connectivity index (χ0n) is 12.1. The Morgan fingerprint density at radius 3 is 2.60 bits per heavy atom. The van der Waals surface area contributed by atoms with Crippen LogP contribution in [0.4, 0.5) is 0 Å². The summed E-state index contributed by atoms with van der Waals surface area (Å²) in [5, 5.41) is 10.0. The minimum absolute atomic E-state index is 0.0655. The Bertz CT molecular complexity index is 643. The molecule has 0 atom stereocenters. The molecule has 1 heterocycles. The molecule has 0 saturated carbocycles. The van der Waals surface area contributed by atoms with Crippen molar-refractivity contribution in [1.82, 2.24) is 4.98 Å². The van der Waals surface area contributed by atoms with Gasteiger partial charge in [-0.15, -0.1) is 0 Å². The smallest absolute Gasteiger partial charge is 0.168 e. The molecule has 104 valence electrons. The number of aromatic amines is 1. The number of hydrogen-bond donors (Lipinski definition) is 1. The number of Topliss-reactive ketones (excluding diaryl/α,β-unsaturated/α-hetero) is 1. The predicted molar refractivity (Wildman–Crippen MR) is 80.7 cm³/mol. The van der Waals surface area contributed by atoms with Crippen LogP contribution in [0.1, 0.15) is 55.5 Å². The summed E-state index contributed by atoms with van der Waals surface area (Å²) in [6.45, 7) is 4.21. The van der Waals surface area contributed by atoms with E-state index in [-0.39, 0.29) is 11.7 Å². The summed E-state index contributed by atoms with van der Waals surface area (Å²) in [5.74, 6) is 0.235. The molecule has 1 N–H and O–H groups in total. The maximum Gasteiger partial charge on any atom is 0.168 e. The highest BCUT2D eigenvalue weighted by Gasteiger charge is 2.22. The van der Waals surface area contributed by atoms with Crippen LogP contribution in [0.25, 0.3) is 10.9 Å². The molecule has 3 heteroatoms. The van der Waals surface area contributed by atoms with Crippen molar-refractivity contribution < 1.29 is 4.79 Å². The normalized spacial score (nSPS) is 10.9. The molecule has 0 bridgehead atoms. The molecule has 3 nitrogen and oxygen atoms in total. The number of ketones is 1. The van der Waals surface area contributed by atoms with Gasteiger partial charge in [0.05, 0.1) is 11.6 Å². The number of rotatable bonds is 6. The van der Waals surface area contributed by atoms with E-state index < -0.39 is 0 Å². The fraction of sp³-hybridized carbons (Fsp3) is 0.412. The molecule has 1 aromatic heterocycles. The third kappa shape index (κ3) is 2.60. The summed E-state index contributed by atoms with van der Waals surface area (Å²) in [6.07, 6.45) is 5.59. The number of aromatic nitrogens is 1. The van der Waals surface area contributed by atoms with Gasteiger partial charge in [0.15, 0.2) is 5.78 Å². The molecule has 0 aliphatic heterocycles. The zero-order chi connectivity index (χ0) is 14.5. The number of nitrogens with zero attached hydrogens (tertiary/aromatic N) is 1. The summed E-state index contributed by atoms with van der Waals surface area (Å²) < 4.78 is 0. The van der Waals surface area contributed by atoms with Gasteiger partial charge in [0.1, 0.15) is 0 Å². The summed E-state index contributed by atoms with van der Waals surface area (Å²) in [5.41, 5.74) is 2.10. The second-order valence-electron chi connectivity index (χ2n) is 5.18. The lowest BCUT2D eigenvalue weighted by Gasteiger charge is -2.13. The van der Waals surface area contributed by atoms with Gasteiger partial charge < -0.3 is 4.98 Å². The maximum absolute atomic E-state index is 12.7. The van der Waals surface area contributed by atoms with Crippen LogP contribution in [0.3, 0.4) is 0 Å². The maximum atomic E-state index is 12.7. The van der Waals surface area contributed by atoms with E-state index in [4.69, 9.17) is 0 Å². The van der Waals surface area contributed by atoms with E-state index in [1.54, 1.807) is 12.3 Å². The molecule has 0 unspecified atom stereocenters. The van der Waals surface area contributed by atoms with Crippen LogP contribution in [-0.4, -0.2) is 10.8 Å². The van der Waals surface area contributed by atoms with Crippen molar-refractivity contribution in [2.45, 2.75) is 39.5 Å². The van der Waals surface area contributed by atoms with Crippen LogP contribution in [0.2, 0.25) is 0 Å². The first-order valence-corrected chi connectivity index (χ1v) is 7.27. The largest absolute Gasteiger partial charge is 0.360 e. The molecule has 2 aromatic rings. The van der Waals surface area contributed by atoms with Crippen molar-refractivity contribution in [3.8, 4) is 6.07 Å².